The van der Waals surface area contributed by atoms with Crippen LogP contribution in [0.25, 0.3) is 11.6 Å². The first kappa shape index (κ1) is 23.9. The molecule has 0 N–H and O–H groups in total. The summed E-state index contributed by atoms with van der Waals surface area (Å²) in [4.78, 5) is 12.4. The van der Waals surface area contributed by atoms with Crippen LogP contribution in [0.3, 0.4) is 0 Å². The van der Waals surface area contributed by atoms with Crippen molar-refractivity contribution in [3.8, 4) is 5.75 Å². The molecule has 144 valence electrons. The highest BCUT2D eigenvalue weighted by Gasteiger charge is 2.13. The van der Waals surface area contributed by atoms with E-state index in [0.717, 1.165) is 16.9 Å². The Balaban J connectivity index is 0.00000218. The number of rotatable bonds is 8. The lowest BCUT2D eigenvalue weighted by Crippen LogP contribution is -2.07. The summed E-state index contributed by atoms with van der Waals surface area (Å²) in [6.07, 6.45) is 5.04. The van der Waals surface area contributed by atoms with Gasteiger partial charge in [0.15, 0.2) is 0 Å². The average molecular weight is 367 g/mol. The Morgan fingerprint density at radius 2 is 1.52 bits per heavy atom. The van der Waals surface area contributed by atoms with E-state index in [1.807, 2.05) is 74.5 Å². The smallest absolute Gasteiger partial charge is 0.339 e. The predicted octanol–water partition coefficient (Wildman–Crippen LogP) is 6.18. The Morgan fingerprint density at radius 1 is 0.926 bits per heavy atom. The van der Waals surface area contributed by atoms with Crippen molar-refractivity contribution in [2.75, 3.05) is 13.2 Å². The number of esters is 1. The Bertz CT molecular complexity index is 713. The highest BCUT2D eigenvalue weighted by atomic mass is 16.5. The van der Waals surface area contributed by atoms with Gasteiger partial charge in [-0.15, -0.1) is 0 Å². The second-order valence-electron chi connectivity index (χ2n) is 4.98. The second kappa shape index (κ2) is 14.1. The molecule has 0 aromatic heterocycles. The fraction of sp³-hybridized carbons (Fsp3) is 0.208. The van der Waals surface area contributed by atoms with Crippen molar-refractivity contribution in [3.05, 3.63) is 91.0 Å². The van der Waals surface area contributed by atoms with Crippen molar-refractivity contribution >= 4 is 17.6 Å². The molecule has 0 atom stereocenters. The first-order valence-electron chi connectivity index (χ1n) is 8.63. The molecule has 0 amide bonds. The van der Waals surface area contributed by atoms with Crippen LogP contribution in [0.2, 0.25) is 0 Å². The van der Waals surface area contributed by atoms with Crippen LogP contribution in [0.15, 0.2) is 79.9 Å². The van der Waals surface area contributed by atoms with Crippen LogP contribution in [0.1, 0.15) is 32.4 Å². The molecule has 0 fully saturated rings. The minimum absolute atomic E-state index is 0. The summed E-state index contributed by atoms with van der Waals surface area (Å²) in [5.41, 5.74) is 2.17. The van der Waals surface area contributed by atoms with Crippen molar-refractivity contribution in [2.24, 2.45) is 0 Å². The normalized spacial score (nSPS) is 9.78. The third-order valence-electron chi connectivity index (χ3n) is 3.20. The molecule has 0 aliphatic heterocycles. The zero-order valence-electron chi connectivity index (χ0n) is 15.5. The maximum Gasteiger partial charge on any atom is 0.339 e. The molecule has 0 saturated carbocycles. The Labute approximate surface area is 163 Å². The predicted molar refractivity (Wildman–Crippen MR) is 116 cm³/mol. The van der Waals surface area contributed by atoms with Gasteiger partial charge in [-0.2, -0.15) is 0 Å². The highest BCUT2D eigenvalue weighted by Crippen LogP contribution is 2.23. The van der Waals surface area contributed by atoms with E-state index in [2.05, 4.69) is 13.2 Å². The average Bonchev–Trinajstić information content (AvgIpc) is 2.71. The number of ether oxygens (including phenoxy) is 2. The first-order valence-corrected chi connectivity index (χ1v) is 8.63. The number of hydrogen-bond donors (Lipinski definition) is 0. The van der Waals surface area contributed by atoms with Crippen LogP contribution in [0.5, 0.6) is 5.75 Å². The Hall–Kier alpha value is -3.07. The zero-order valence-corrected chi connectivity index (χ0v) is 15.5. The number of benzene rings is 2. The summed E-state index contributed by atoms with van der Waals surface area (Å²) in [7, 11) is 0. The monoisotopic (exact) mass is 366 g/mol. The summed E-state index contributed by atoms with van der Waals surface area (Å²) in [5, 5.41) is 0. The van der Waals surface area contributed by atoms with E-state index in [9.17, 15) is 4.79 Å². The summed E-state index contributed by atoms with van der Waals surface area (Å²) < 4.78 is 10.7. The maximum atomic E-state index is 12.4. The first-order chi connectivity index (χ1) is 12.7. The van der Waals surface area contributed by atoms with Gasteiger partial charge in [-0.1, -0.05) is 89.0 Å². The minimum Gasteiger partial charge on any atom is -0.490 e. The number of carbonyl (C=O) groups is 1. The molecule has 2 aromatic carbocycles. The third-order valence-corrected chi connectivity index (χ3v) is 3.20. The third kappa shape index (κ3) is 8.23. The fourth-order valence-electron chi connectivity index (χ4n) is 2.07. The van der Waals surface area contributed by atoms with E-state index in [0.29, 0.717) is 12.2 Å². The van der Waals surface area contributed by atoms with Crippen molar-refractivity contribution < 1.29 is 14.3 Å². The molecule has 0 bridgehead atoms. The van der Waals surface area contributed by atoms with Gasteiger partial charge >= 0.3 is 5.97 Å². The standard InChI is InChI=1S/C21H20O3.C2H6.CH4/c1-3-14-23-19-12-10-18(11-13-19)20(21(22)24-15-4-2)16-17-8-6-5-7-9-17;1-2;/h3-13,16H,1-2,14-15H2;1-2H3;1H4/b20-16+;;. The molecular weight excluding hydrogens is 336 g/mol. The van der Waals surface area contributed by atoms with Crippen LogP contribution in [0, 0.1) is 0 Å². The van der Waals surface area contributed by atoms with Crippen molar-refractivity contribution in [1.29, 1.82) is 0 Å². The van der Waals surface area contributed by atoms with Crippen LogP contribution in [-0.2, 0) is 9.53 Å². The lowest BCUT2D eigenvalue weighted by molar-refractivity contribution is -0.135. The zero-order chi connectivity index (χ0) is 19.2. The van der Waals surface area contributed by atoms with E-state index in [1.165, 1.54) is 0 Å². The Kier molecular flexibility index (Phi) is 12.5. The molecule has 0 unspecified atom stereocenters. The molecule has 0 saturated heterocycles. The molecule has 0 aliphatic carbocycles. The summed E-state index contributed by atoms with van der Waals surface area (Å²) >= 11 is 0. The minimum atomic E-state index is -0.390. The lowest BCUT2D eigenvalue weighted by atomic mass is 10.0. The maximum absolute atomic E-state index is 12.4. The van der Waals surface area contributed by atoms with Crippen LogP contribution < -0.4 is 4.74 Å². The van der Waals surface area contributed by atoms with Gasteiger partial charge in [0.2, 0.25) is 0 Å². The number of carbonyl (C=O) groups excluding carboxylic acids is 1. The largest absolute Gasteiger partial charge is 0.490 e. The number of hydrogen-bond acceptors (Lipinski definition) is 3. The lowest BCUT2D eigenvalue weighted by Gasteiger charge is -2.09. The van der Waals surface area contributed by atoms with Gasteiger partial charge in [0.1, 0.15) is 19.0 Å². The molecule has 2 aromatic rings. The van der Waals surface area contributed by atoms with Gasteiger partial charge in [0.25, 0.3) is 0 Å². The van der Waals surface area contributed by atoms with Crippen LogP contribution in [0.4, 0.5) is 0 Å². The molecule has 2 rings (SSSR count). The van der Waals surface area contributed by atoms with Gasteiger partial charge in [0.05, 0.1) is 5.57 Å². The van der Waals surface area contributed by atoms with Gasteiger partial charge in [-0.3, -0.25) is 0 Å². The topological polar surface area (TPSA) is 35.5 Å². The highest BCUT2D eigenvalue weighted by molar-refractivity contribution is 6.21. The molecular formula is C24H30O3. The molecule has 3 heteroatoms. The van der Waals surface area contributed by atoms with Gasteiger partial charge in [-0.05, 0) is 29.3 Å². The van der Waals surface area contributed by atoms with E-state index in [1.54, 1.807) is 12.2 Å². The molecule has 3 nitrogen and oxygen atoms in total. The SMILES string of the molecule is C.C=CCOC(=O)/C(=C/c1ccccc1)c1ccc(OCC=C)cc1.CC. The van der Waals surface area contributed by atoms with Gasteiger partial charge < -0.3 is 9.47 Å². The fourth-order valence-corrected chi connectivity index (χ4v) is 2.07. The van der Waals surface area contributed by atoms with E-state index in [4.69, 9.17) is 9.47 Å². The van der Waals surface area contributed by atoms with E-state index in [-0.39, 0.29) is 14.0 Å². The molecule has 27 heavy (non-hydrogen) atoms. The second-order valence-corrected chi connectivity index (χ2v) is 4.98. The molecule has 0 aliphatic rings. The molecule has 0 radical (unpaired) electrons. The summed E-state index contributed by atoms with van der Waals surface area (Å²) in [6, 6.07) is 16.9. The van der Waals surface area contributed by atoms with E-state index < -0.39 is 5.97 Å². The van der Waals surface area contributed by atoms with Gasteiger partial charge in [-0.25, -0.2) is 4.79 Å². The van der Waals surface area contributed by atoms with E-state index >= 15 is 0 Å². The van der Waals surface area contributed by atoms with Crippen molar-refractivity contribution in [3.63, 3.8) is 0 Å². The van der Waals surface area contributed by atoms with Crippen LogP contribution in [-0.4, -0.2) is 19.2 Å². The Morgan fingerprint density at radius 3 is 2.07 bits per heavy atom. The summed E-state index contributed by atoms with van der Waals surface area (Å²) in [5.74, 6) is 0.329. The van der Waals surface area contributed by atoms with Crippen molar-refractivity contribution in [1.82, 2.24) is 0 Å². The molecule has 0 heterocycles. The van der Waals surface area contributed by atoms with Gasteiger partial charge in [0, 0.05) is 0 Å². The quantitative estimate of drug-likeness (QED) is 0.242. The van der Waals surface area contributed by atoms with Crippen LogP contribution >= 0.6 is 0 Å². The molecule has 0 spiro atoms. The summed E-state index contributed by atoms with van der Waals surface area (Å²) in [6.45, 7) is 11.8. The van der Waals surface area contributed by atoms with Crippen molar-refractivity contribution in [2.45, 2.75) is 21.3 Å².